The van der Waals surface area contributed by atoms with E-state index in [1.165, 1.54) is 11.3 Å². The van der Waals surface area contributed by atoms with E-state index in [-0.39, 0.29) is 0 Å². The zero-order valence-corrected chi connectivity index (χ0v) is 11.3. The Labute approximate surface area is 100 Å². The minimum atomic E-state index is -3.38. The van der Waals surface area contributed by atoms with Crippen molar-refractivity contribution in [3.05, 3.63) is 10.7 Å². The minimum absolute atomic E-state index is 0.321. The Bertz CT molecular complexity index is 440. The zero-order valence-electron chi connectivity index (χ0n) is 9.70. The largest absolute Gasteiger partial charge is 0.316 e. The van der Waals surface area contributed by atoms with Crippen LogP contribution in [-0.4, -0.2) is 33.0 Å². The number of hydrogen-bond donors (Lipinski definition) is 2. The topological polar surface area (TPSA) is 71.1 Å². The lowest BCUT2D eigenvalue weighted by molar-refractivity contribution is 0.578. The number of thiazole rings is 1. The third-order valence-electron chi connectivity index (χ3n) is 1.95. The second-order valence-electron chi connectivity index (χ2n) is 3.36. The van der Waals surface area contributed by atoms with E-state index in [0.717, 1.165) is 11.6 Å². The van der Waals surface area contributed by atoms with Gasteiger partial charge in [-0.15, -0.1) is 11.3 Å². The molecule has 0 fully saturated rings. The van der Waals surface area contributed by atoms with Gasteiger partial charge in [0.1, 0.15) is 0 Å². The molecule has 0 unspecified atom stereocenters. The highest BCUT2D eigenvalue weighted by Gasteiger charge is 2.19. The summed E-state index contributed by atoms with van der Waals surface area (Å²) in [6.45, 7) is 7.35. The van der Waals surface area contributed by atoms with Gasteiger partial charge in [0.05, 0.1) is 10.7 Å². The van der Waals surface area contributed by atoms with Crippen LogP contribution in [0.1, 0.15) is 17.6 Å². The second-order valence-corrected chi connectivity index (χ2v) is 6.52. The van der Waals surface area contributed by atoms with Crippen molar-refractivity contribution in [2.45, 2.75) is 25.0 Å². The van der Waals surface area contributed by atoms with Gasteiger partial charge in [-0.2, -0.15) is 0 Å². The van der Waals surface area contributed by atoms with Gasteiger partial charge in [0.15, 0.2) is 4.21 Å². The van der Waals surface area contributed by atoms with Crippen molar-refractivity contribution in [3.63, 3.8) is 0 Å². The summed E-state index contributed by atoms with van der Waals surface area (Å²) in [5.74, 6) is 0. The highest BCUT2D eigenvalue weighted by molar-refractivity contribution is 7.91. The molecule has 0 aromatic carbocycles. The molecule has 0 aliphatic rings. The average molecular weight is 263 g/mol. The lowest BCUT2D eigenvalue weighted by Crippen LogP contribution is -2.31. The highest BCUT2D eigenvalue weighted by atomic mass is 32.2. The molecule has 1 heterocycles. The Hall–Kier alpha value is -0.500. The summed E-state index contributed by atoms with van der Waals surface area (Å²) in [5, 5.41) is 3.82. The smallest absolute Gasteiger partial charge is 0.251 e. The first-order valence-corrected chi connectivity index (χ1v) is 7.41. The predicted octanol–water partition coefficient (Wildman–Crippen LogP) is 0.648. The Kier molecular flexibility index (Phi) is 4.85. The summed E-state index contributed by atoms with van der Waals surface area (Å²) < 4.78 is 26.6. The number of nitrogens with one attached hydrogen (secondary N) is 2. The molecule has 16 heavy (non-hydrogen) atoms. The van der Waals surface area contributed by atoms with Crippen molar-refractivity contribution in [3.8, 4) is 0 Å². The SMILES string of the molecule is CCNCCNS(=O)(=O)c1sc(C)nc1C. The number of aryl methyl sites for hydroxylation is 2. The van der Waals surface area contributed by atoms with Crippen molar-refractivity contribution in [2.75, 3.05) is 19.6 Å². The number of aromatic nitrogens is 1. The highest BCUT2D eigenvalue weighted by Crippen LogP contribution is 2.22. The van der Waals surface area contributed by atoms with Gasteiger partial charge in [-0.05, 0) is 20.4 Å². The summed E-state index contributed by atoms with van der Waals surface area (Å²) >= 11 is 1.20. The molecular weight excluding hydrogens is 246 g/mol. The summed E-state index contributed by atoms with van der Waals surface area (Å²) in [4.78, 5) is 4.11. The van der Waals surface area contributed by atoms with Crippen LogP contribution in [0.2, 0.25) is 0 Å². The molecule has 0 atom stereocenters. The van der Waals surface area contributed by atoms with Gasteiger partial charge in [0.25, 0.3) is 10.0 Å². The van der Waals surface area contributed by atoms with Gasteiger partial charge in [-0.1, -0.05) is 6.92 Å². The Morgan fingerprint density at radius 2 is 2.00 bits per heavy atom. The summed E-state index contributed by atoms with van der Waals surface area (Å²) in [5.41, 5.74) is 0.568. The first-order valence-electron chi connectivity index (χ1n) is 5.11. The van der Waals surface area contributed by atoms with Crippen LogP contribution in [0.25, 0.3) is 0 Å². The summed E-state index contributed by atoms with van der Waals surface area (Å²) in [6, 6.07) is 0. The van der Waals surface area contributed by atoms with Crippen molar-refractivity contribution < 1.29 is 8.42 Å². The van der Waals surface area contributed by atoms with Crippen LogP contribution in [-0.2, 0) is 10.0 Å². The van der Waals surface area contributed by atoms with Gasteiger partial charge in [-0.3, -0.25) is 0 Å². The molecule has 0 aliphatic heterocycles. The third kappa shape index (κ3) is 3.51. The molecule has 7 heteroatoms. The van der Waals surface area contributed by atoms with E-state index < -0.39 is 10.0 Å². The van der Waals surface area contributed by atoms with Crippen LogP contribution in [0.3, 0.4) is 0 Å². The molecule has 5 nitrogen and oxygen atoms in total. The van der Waals surface area contributed by atoms with E-state index in [0.29, 0.717) is 23.0 Å². The van der Waals surface area contributed by atoms with Crippen molar-refractivity contribution >= 4 is 21.4 Å². The molecule has 1 aromatic rings. The molecule has 1 aromatic heterocycles. The molecule has 2 N–H and O–H groups in total. The maximum atomic E-state index is 11.9. The molecular formula is C9H17N3O2S2. The summed E-state index contributed by atoms with van der Waals surface area (Å²) in [6.07, 6.45) is 0. The van der Waals surface area contributed by atoms with E-state index in [9.17, 15) is 8.42 Å². The Balaban J connectivity index is 2.67. The lowest BCUT2D eigenvalue weighted by Gasteiger charge is -2.05. The fraction of sp³-hybridized carbons (Fsp3) is 0.667. The molecule has 92 valence electrons. The van der Waals surface area contributed by atoms with E-state index in [2.05, 4.69) is 15.0 Å². The van der Waals surface area contributed by atoms with Gasteiger partial charge >= 0.3 is 0 Å². The van der Waals surface area contributed by atoms with Crippen molar-refractivity contribution in [2.24, 2.45) is 0 Å². The number of rotatable bonds is 6. The molecule has 0 saturated heterocycles. The monoisotopic (exact) mass is 263 g/mol. The number of sulfonamides is 1. The van der Waals surface area contributed by atoms with Gasteiger partial charge < -0.3 is 5.32 Å². The Morgan fingerprint density at radius 1 is 1.31 bits per heavy atom. The maximum absolute atomic E-state index is 11.9. The molecule has 1 rings (SSSR count). The molecule has 0 aliphatic carbocycles. The van der Waals surface area contributed by atoms with Crippen LogP contribution < -0.4 is 10.0 Å². The van der Waals surface area contributed by atoms with Crippen LogP contribution in [0.4, 0.5) is 0 Å². The second kappa shape index (κ2) is 5.72. The third-order valence-corrected chi connectivity index (χ3v) is 5.09. The summed E-state index contributed by atoms with van der Waals surface area (Å²) in [7, 11) is -3.38. The Morgan fingerprint density at radius 3 is 2.50 bits per heavy atom. The fourth-order valence-electron chi connectivity index (χ4n) is 1.28. The van der Waals surface area contributed by atoms with Crippen LogP contribution >= 0.6 is 11.3 Å². The van der Waals surface area contributed by atoms with E-state index in [1.807, 2.05) is 6.92 Å². The first kappa shape index (κ1) is 13.6. The average Bonchev–Trinajstić information content (AvgIpc) is 2.53. The molecule has 0 spiro atoms. The first-order chi connectivity index (χ1) is 7.47. The fourth-order valence-corrected chi connectivity index (χ4v) is 3.84. The number of hydrogen-bond acceptors (Lipinski definition) is 5. The molecule has 0 bridgehead atoms. The van der Waals surface area contributed by atoms with Gasteiger partial charge in [0.2, 0.25) is 0 Å². The van der Waals surface area contributed by atoms with E-state index >= 15 is 0 Å². The van der Waals surface area contributed by atoms with Crippen LogP contribution in [0.5, 0.6) is 0 Å². The van der Waals surface area contributed by atoms with Gasteiger partial charge in [-0.25, -0.2) is 18.1 Å². The quantitative estimate of drug-likeness (QED) is 0.739. The molecule has 0 radical (unpaired) electrons. The van der Waals surface area contributed by atoms with E-state index in [1.54, 1.807) is 13.8 Å². The van der Waals surface area contributed by atoms with Gasteiger partial charge in [0, 0.05) is 13.1 Å². The lowest BCUT2D eigenvalue weighted by atomic mass is 10.6. The van der Waals surface area contributed by atoms with Crippen LogP contribution in [0.15, 0.2) is 4.21 Å². The zero-order chi connectivity index (χ0) is 12.2. The normalized spacial score (nSPS) is 11.9. The standard InChI is InChI=1S/C9H17N3O2S2/c1-4-10-5-6-11-16(13,14)9-7(2)12-8(3)15-9/h10-11H,4-6H2,1-3H3. The minimum Gasteiger partial charge on any atom is -0.316 e. The number of nitrogens with zero attached hydrogens (tertiary/aromatic N) is 1. The molecule has 0 saturated carbocycles. The van der Waals surface area contributed by atoms with Crippen molar-refractivity contribution in [1.29, 1.82) is 0 Å². The number of likely N-dealkylation sites (N-methyl/N-ethyl adjacent to an activating group) is 1. The molecule has 0 amide bonds. The van der Waals surface area contributed by atoms with Crippen LogP contribution in [0, 0.1) is 13.8 Å². The van der Waals surface area contributed by atoms with E-state index in [4.69, 9.17) is 0 Å². The van der Waals surface area contributed by atoms with Crippen molar-refractivity contribution in [1.82, 2.24) is 15.0 Å². The predicted molar refractivity (Wildman–Crippen MR) is 65.3 cm³/mol. The maximum Gasteiger partial charge on any atom is 0.251 e.